The van der Waals surface area contributed by atoms with Gasteiger partial charge in [-0.3, -0.25) is 9.59 Å². The molecule has 0 saturated carbocycles. The standard InChI is InChI=1S/C20H27NO10/c1-10(2)18(24)29-11(3)8-13(16(21)17(22)23)12-6-7-14(30-19(25)27-4)15(9-12)31-20(26)28-5/h6-7,9-11,13,16H,8,21H2,1-5H3,(H,22,23)/t11?,13?,16-/m0/s1. The van der Waals surface area contributed by atoms with E-state index in [-0.39, 0.29) is 23.8 Å². The maximum atomic E-state index is 11.9. The summed E-state index contributed by atoms with van der Waals surface area (Å²) in [6.07, 6.45) is -2.73. The van der Waals surface area contributed by atoms with E-state index in [0.717, 1.165) is 14.2 Å². The van der Waals surface area contributed by atoms with Crippen LogP contribution < -0.4 is 15.2 Å². The lowest BCUT2D eigenvalue weighted by atomic mass is 9.87. The highest BCUT2D eigenvalue weighted by Crippen LogP contribution is 2.35. The summed E-state index contributed by atoms with van der Waals surface area (Å²) in [6, 6.07) is 2.67. The molecule has 0 radical (unpaired) electrons. The summed E-state index contributed by atoms with van der Waals surface area (Å²) < 4.78 is 24.1. The fourth-order valence-electron chi connectivity index (χ4n) is 2.58. The molecule has 0 bridgehead atoms. The van der Waals surface area contributed by atoms with Crippen molar-refractivity contribution < 1.29 is 48.0 Å². The number of ether oxygens (including phenoxy) is 5. The molecule has 0 saturated heterocycles. The van der Waals surface area contributed by atoms with Crippen molar-refractivity contribution in [1.82, 2.24) is 0 Å². The van der Waals surface area contributed by atoms with E-state index in [1.165, 1.54) is 18.2 Å². The highest BCUT2D eigenvalue weighted by atomic mass is 16.7. The van der Waals surface area contributed by atoms with Crippen molar-refractivity contribution in [2.75, 3.05) is 14.2 Å². The number of aliphatic carboxylic acids is 1. The molecule has 0 amide bonds. The van der Waals surface area contributed by atoms with Crippen LogP contribution in [-0.4, -0.2) is 55.7 Å². The van der Waals surface area contributed by atoms with Gasteiger partial charge >= 0.3 is 24.2 Å². The summed E-state index contributed by atoms with van der Waals surface area (Å²) in [6.45, 7) is 4.96. The Hall–Kier alpha value is -3.34. The molecule has 172 valence electrons. The molecule has 0 aliphatic heterocycles. The molecular weight excluding hydrogens is 414 g/mol. The van der Waals surface area contributed by atoms with Gasteiger partial charge in [0.2, 0.25) is 0 Å². The number of esters is 1. The third-order valence-electron chi connectivity index (χ3n) is 4.21. The lowest BCUT2D eigenvalue weighted by molar-refractivity contribution is -0.152. The zero-order valence-corrected chi connectivity index (χ0v) is 17.9. The Balaban J connectivity index is 3.31. The third-order valence-corrected chi connectivity index (χ3v) is 4.21. The number of carbonyl (C=O) groups is 4. The first-order chi connectivity index (χ1) is 14.5. The van der Waals surface area contributed by atoms with Crippen molar-refractivity contribution >= 4 is 24.2 Å². The van der Waals surface area contributed by atoms with Crippen molar-refractivity contribution in [2.24, 2.45) is 11.7 Å². The molecule has 0 aliphatic rings. The van der Waals surface area contributed by atoms with E-state index in [0.29, 0.717) is 5.56 Å². The van der Waals surface area contributed by atoms with E-state index in [1.54, 1.807) is 20.8 Å². The number of rotatable bonds is 9. The van der Waals surface area contributed by atoms with E-state index in [1.807, 2.05) is 0 Å². The normalized spacial score (nSPS) is 13.5. The highest BCUT2D eigenvalue weighted by molar-refractivity contribution is 5.75. The summed E-state index contributed by atoms with van der Waals surface area (Å²) in [7, 11) is 2.18. The molecule has 0 aliphatic carbocycles. The number of carbonyl (C=O) groups excluding carboxylic acids is 3. The van der Waals surface area contributed by atoms with Crippen molar-refractivity contribution in [3.05, 3.63) is 23.8 Å². The predicted molar refractivity (Wildman–Crippen MR) is 106 cm³/mol. The lowest BCUT2D eigenvalue weighted by Crippen LogP contribution is -2.38. The van der Waals surface area contributed by atoms with Gasteiger partial charge in [-0.15, -0.1) is 0 Å². The third kappa shape index (κ3) is 7.78. The predicted octanol–water partition coefficient (Wildman–Crippen LogP) is 2.45. The molecule has 31 heavy (non-hydrogen) atoms. The second kappa shape index (κ2) is 11.7. The maximum Gasteiger partial charge on any atom is 0.513 e. The second-order valence-electron chi connectivity index (χ2n) is 6.93. The zero-order valence-electron chi connectivity index (χ0n) is 17.9. The Morgan fingerprint density at radius 1 is 0.968 bits per heavy atom. The maximum absolute atomic E-state index is 11.9. The van der Waals surface area contributed by atoms with Gasteiger partial charge in [0, 0.05) is 5.92 Å². The van der Waals surface area contributed by atoms with Gasteiger partial charge in [-0.25, -0.2) is 9.59 Å². The Kier molecular flexibility index (Phi) is 9.74. The van der Waals surface area contributed by atoms with Gasteiger partial charge in [0.15, 0.2) is 11.5 Å². The Bertz CT molecular complexity index is 807. The molecule has 0 spiro atoms. The smallest absolute Gasteiger partial charge is 0.480 e. The minimum atomic E-state index is -1.36. The number of hydrogen-bond acceptors (Lipinski definition) is 10. The van der Waals surface area contributed by atoms with E-state index < -0.39 is 42.3 Å². The minimum absolute atomic E-state index is 0.0702. The van der Waals surface area contributed by atoms with Gasteiger partial charge in [0.05, 0.1) is 26.2 Å². The largest absolute Gasteiger partial charge is 0.513 e. The summed E-state index contributed by atoms with van der Waals surface area (Å²) in [5.41, 5.74) is 6.22. The van der Waals surface area contributed by atoms with Crippen molar-refractivity contribution in [1.29, 1.82) is 0 Å². The number of methoxy groups -OCH3 is 2. The highest BCUT2D eigenvalue weighted by Gasteiger charge is 2.30. The van der Waals surface area contributed by atoms with Crippen LogP contribution in [0.4, 0.5) is 9.59 Å². The molecular formula is C20H27NO10. The number of hydrogen-bond donors (Lipinski definition) is 2. The van der Waals surface area contributed by atoms with Gasteiger partial charge in [0.1, 0.15) is 6.04 Å². The van der Waals surface area contributed by atoms with Crippen LogP contribution in [0.1, 0.15) is 38.7 Å². The summed E-state index contributed by atoms with van der Waals surface area (Å²) in [5, 5.41) is 9.43. The topological polar surface area (TPSA) is 161 Å². The zero-order chi connectivity index (χ0) is 23.7. The van der Waals surface area contributed by atoms with Gasteiger partial charge in [-0.2, -0.15) is 0 Å². The van der Waals surface area contributed by atoms with Crippen molar-refractivity contribution in [3.63, 3.8) is 0 Å². The lowest BCUT2D eigenvalue weighted by Gasteiger charge is -2.25. The van der Waals surface area contributed by atoms with Crippen LogP contribution in [0.15, 0.2) is 18.2 Å². The Morgan fingerprint density at radius 3 is 2.00 bits per heavy atom. The number of benzene rings is 1. The molecule has 3 N–H and O–H groups in total. The van der Waals surface area contributed by atoms with Crippen LogP contribution in [0, 0.1) is 5.92 Å². The van der Waals surface area contributed by atoms with Crippen molar-refractivity contribution in [2.45, 2.75) is 45.3 Å². The van der Waals surface area contributed by atoms with Crippen LogP contribution in [0.25, 0.3) is 0 Å². The van der Waals surface area contributed by atoms with E-state index in [9.17, 15) is 24.3 Å². The van der Waals surface area contributed by atoms with E-state index in [2.05, 4.69) is 9.47 Å². The first kappa shape index (κ1) is 25.7. The monoisotopic (exact) mass is 441 g/mol. The molecule has 0 aromatic heterocycles. The average molecular weight is 441 g/mol. The fraction of sp³-hybridized carbons (Fsp3) is 0.500. The molecule has 2 unspecified atom stereocenters. The Labute approximate surface area is 179 Å². The molecule has 1 rings (SSSR count). The molecule has 3 atom stereocenters. The number of nitrogens with two attached hydrogens (primary N) is 1. The van der Waals surface area contributed by atoms with Gasteiger partial charge in [0.25, 0.3) is 0 Å². The summed E-state index contributed by atoms with van der Waals surface area (Å²) in [4.78, 5) is 46.4. The van der Waals surface area contributed by atoms with Gasteiger partial charge in [-0.05, 0) is 31.0 Å². The van der Waals surface area contributed by atoms with Crippen LogP contribution in [0.3, 0.4) is 0 Å². The molecule has 11 heteroatoms. The Morgan fingerprint density at radius 2 is 1.52 bits per heavy atom. The molecule has 0 fully saturated rings. The first-order valence-electron chi connectivity index (χ1n) is 9.34. The van der Waals surface area contributed by atoms with Crippen LogP contribution >= 0.6 is 0 Å². The molecule has 1 aromatic rings. The second-order valence-corrected chi connectivity index (χ2v) is 6.93. The van der Waals surface area contributed by atoms with Crippen LogP contribution in [0.5, 0.6) is 11.5 Å². The van der Waals surface area contributed by atoms with E-state index >= 15 is 0 Å². The summed E-state index contributed by atoms with van der Waals surface area (Å²) >= 11 is 0. The molecule has 11 nitrogen and oxygen atoms in total. The van der Waals surface area contributed by atoms with Crippen molar-refractivity contribution in [3.8, 4) is 11.5 Å². The SMILES string of the molecule is COC(=O)Oc1ccc(C(CC(C)OC(=O)C(C)C)[C@H](N)C(=O)O)cc1OC(=O)OC. The molecule has 1 aromatic carbocycles. The minimum Gasteiger partial charge on any atom is -0.480 e. The number of carboxylic acids is 1. The quantitative estimate of drug-likeness (QED) is 0.329. The van der Waals surface area contributed by atoms with Gasteiger partial charge in [-0.1, -0.05) is 19.9 Å². The molecule has 0 heterocycles. The van der Waals surface area contributed by atoms with Gasteiger partial charge < -0.3 is 34.5 Å². The number of carboxylic acid groups (broad SMARTS) is 1. The summed E-state index contributed by atoms with van der Waals surface area (Å²) in [5.74, 6) is -3.29. The first-order valence-corrected chi connectivity index (χ1v) is 9.34. The average Bonchev–Trinajstić information content (AvgIpc) is 2.72. The van der Waals surface area contributed by atoms with E-state index in [4.69, 9.17) is 19.9 Å². The van der Waals surface area contributed by atoms with Crippen LogP contribution in [-0.2, 0) is 23.8 Å². The fourth-order valence-corrected chi connectivity index (χ4v) is 2.58. The van der Waals surface area contributed by atoms with Crippen LogP contribution in [0.2, 0.25) is 0 Å².